The summed E-state index contributed by atoms with van der Waals surface area (Å²) in [5, 5.41) is 4.80. The molecule has 3 aromatic rings. The number of benzene rings is 1. The number of hydrogen-bond acceptors (Lipinski definition) is 5. The van der Waals surface area contributed by atoms with Crippen LogP contribution < -0.4 is 16.7 Å². The molecule has 2 heterocycles. The lowest BCUT2D eigenvalue weighted by atomic mass is 10.2. The largest absolute Gasteiger partial charge is 0.332 e. The van der Waals surface area contributed by atoms with E-state index in [0.29, 0.717) is 28.7 Å². The van der Waals surface area contributed by atoms with E-state index in [0.717, 1.165) is 10.1 Å². The number of aryl methyl sites for hydroxylation is 2. The zero-order valence-electron chi connectivity index (χ0n) is 14.0. The molecule has 0 saturated heterocycles. The molecule has 0 aliphatic heterocycles. The molecular weight excluding hydrogens is 344 g/mol. The van der Waals surface area contributed by atoms with Crippen molar-refractivity contribution in [2.45, 2.75) is 13.5 Å². The zero-order chi connectivity index (χ0) is 18.1. The first-order valence-corrected chi connectivity index (χ1v) is 8.02. The predicted octanol–water partition coefficient (Wildman–Crippen LogP) is 1.55. The van der Waals surface area contributed by atoms with E-state index in [9.17, 15) is 9.59 Å². The molecule has 0 saturated carbocycles. The van der Waals surface area contributed by atoms with Crippen LogP contribution in [0.25, 0.3) is 11.2 Å². The van der Waals surface area contributed by atoms with Crippen LogP contribution in [0.3, 0.4) is 0 Å². The fourth-order valence-electron chi connectivity index (χ4n) is 2.55. The second-order valence-corrected chi connectivity index (χ2v) is 5.92. The van der Waals surface area contributed by atoms with Gasteiger partial charge >= 0.3 is 5.69 Å². The highest BCUT2D eigenvalue weighted by Gasteiger charge is 2.17. The van der Waals surface area contributed by atoms with Crippen LogP contribution in [0.4, 0.5) is 5.95 Å². The van der Waals surface area contributed by atoms with Gasteiger partial charge in [0.15, 0.2) is 11.2 Å². The topological polar surface area (TPSA) is 86.2 Å². The smallest absolute Gasteiger partial charge is 0.303 e. The summed E-state index contributed by atoms with van der Waals surface area (Å²) < 4.78 is 4.10. The highest BCUT2D eigenvalue weighted by molar-refractivity contribution is 6.30. The normalized spacial score (nSPS) is 11.5. The molecule has 0 amide bonds. The first-order valence-electron chi connectivity index (χ1n) is 7.65. The van der Waals surface area contributed by atoms with Crippen LogP contribution in [0.15, 0.2) is 39.0 Å². The van der Waals surface area contributed by atoms with E-state index in [2.05, 4.69) is 15.5 Å². The van der Waals surface area contributed by atoms with Crippen LogP contribution in [-0.4, -0.2) is 24.9 Å². The summed E-state index contributed by atoms with van der Waals surface area (Å²) in [7, 11) is 3.03. The standard InChI is InChI=1S/C16H17ClN6O2/c1-4-23-12-13(21(2)16(25)22(3)14(12)24)19-15(23)20-18-9-10-5-7-11(17)8-6-10/h5-9H,4H2,1-3H3,(H,19,20)/b18-9-. The Morgan fingerprint density at radius 3 is 2.52 bits per heavy atom. The fraction of sp³-hybridized carbons (Fsp3) is 0.250. The first kappa shape index (κ1) is 17.0. The molecule has 0 fully saturated rings. The lowest BCUT2D eigenvalue weighted by Gasteiger charge is -2.05. The number of halogens is 1. The van der Waals surface area contributed by atoms with Crippen LogP contribution in [0.2, 0.25) is 5.02 Å². The number of hydrogen-bond donors (Lipinski definition) is 1. The second-order valence-electron chi connectivity index (χ2n) is 5.48. The van der Waals surface area contributed by atoms with Crippen LogP contribution in [-0.2, 0) is 20.6 Å². The summed E-state index contributed by atoms with van der Waals surface area (Å²) in [6.45, 7) is 2.39. The van der Waals surface area contributed by atoms with Crippen molar-refractivity contribution in [3.63, 3.8) is 0 Å². The van der Waals surface area contributed by atoms with Crippen molar-refractivity contribution in [1.82, 2.24) is 18.7 Å². The maximum absolute atomic E-state index is 12.4. The molecule has 130 valence electrons. The van der Waals surface area contributed by atoms with Gasteiger partial charge in [-0.15, -0.1) is 0 Å². The van der Waals surface area contributed by atoms with E-state index in [4.69, 9.17) is 11.6 Å². The van der Waals surface area contributed by atoms with Gasteiger partial charge in [-0.2, -0.15) is 10.1 Å². The van der Waals surface area contributed by atoms with E-state index in [-0.39, 0.29) is 5.56 Å². The SMILES string of the molecule is CCn1c(N/N=C\c2ccc(Cl)cc2)nc2c1c(=O)n(C)c(=O)n2C. The molecule has 1 aromatic carbocycles. The minimum atomic E-state index is -0.422. The Kier molecular flexibility index (Phi) is 4.45. The van der Waals surface area contributed by atoms with Gasteiger partial charge in [0, 0.05) is 25.7 Å². The molecule has 0 aliphatic carbocycles. The van der Waals surface area contributed by atoms with Crippen molar-refractivity contribution >= 4 is 34.9 Å². The number of nitrogens with zero attached hydrogens (tertiary/aromatic N) is 5. The third-order valence-corrected chi connectivity index (χ3v) is 4.16. The van der Waals surface area contributed by atoms with Gasteiger partial charge in [-0.25, -0.2) is 10.2 Å². The highest BCUT2D eigenvalue weighted by Crippen LogP contribution is 2.15. The lowest BCUT2D eigenvalue weighted by molar-refractivity contribution is 0.700. The van der Waals surface area contributed by atoms with Crippen molar-refractivity contribution < 1.29 is 0 Å². The highest BCUT2D eigenvalue weighted by atomic mass is 35.5. The van der Waals surface area contributed by atoms with Crippen LogP contribution >= 0.6 is 11.6 Å². The Morgan fingerprint density at radius 2 is 1.88 bits per heavy atom. The summed E-state index contributed by atoms with van der Waals surface area (Å²) in [6, 6.07) is 7.19. The van der Waals surface area contributed by atoms with Gasteiger partial charge < -0.3 is 4.57 Å². The van der Waals surface area contributed by atoms with E-state index in [1.807, 2.05) is 19.1 Å². The monoisotopic (exact) mass is 360 g/mol. The number of nitrogens with one attached hydrogen (secondary N) is 1. The number of hydrazone groups is 1. The Bertz CT molecular complexity index is 1080. The molecule has 0 bridgehead atoms. The molecule has 3 rings (SSSR count). The first-order chi connectivity index (χ1) is 11.9. The molecular formula is C16H17ClN6O2. The van der Waals surface area contributed by atoms with Crippen molar-refractivity contribution in [3.05, 3.63) is 55.7 Å². The molecule has 1 N–H and O–H groups in total. The summed E-state index contributed by atoms with van der Waals surface area (Å²) in [6.07, 6.45) is 1.62. The van der Waals surface area contributed by atoms with E-state index >= 15 is 0 Å². The summed E-state index contributed by atoms with van der Waals surface area (Å²) in [5.41, 5.74) is 3.56. The number of aromatic nitrogens is 4. The molecule has 0 spiro atoms. The van der Waals surface area contributed by atoms with Crippen molar-refractivity contribution in [1.29, 1.82) is 0 Å². The fourth-order valence-corrected chi connectivity index (χ4v) is 2.68. The van der Waals surface area contributed by atoms with Crippen molar-refractivity contribution in [2.24, 2.45) is 19.2 Å². The third-order valence-electron chi connectivity index (χ3n) is 3.91. The molecule has 8 nitrogen and oxygen atoms in total. The number of imidazole rings is 1. The van der Waals surface area contributed by atoms with Gasteiger partial charge in [0.2, 0.25) is 5.95 Å². The maximum Gasteiger partial charge on any atom is 0.332 e. The number of anilines is 1. The Labute approximate surface area is 148 Å². The van der Waals surface area contributed by atoms with Crippen molar-refractivity contribution in [2.75, 3.05) is 5.43 Å². The zero-order valence-corrected chi connectivity index (χ0v) is 14.8. The Balaban J connectivity index is 2.03. The molecule has 25 heavy (non-hydrogen) atoms. The predicted molar refractivity (Wildman–Crippen MR) is 98.6 cm³/mol. The Hall–Kier alpha value is -2.87. The minimum absolute atomic E-state index is 0.319. The quantitative estimate of drug-likeness (QED) is 0.565. The molecule has 0 aliphatic rings. The van der Waals surface area contributed by atoms with Gasteiger partial charge in [-0.3, -0.25) is 13.9 Å². The molecule has 0 atom stereocenters. The lowest BCUT2D eigenvalue weighted by Crippen LogP contribution is -2.37. The maximum atomic E-state index is 12.4. The van der Waals surface area contributed by atoms with Gasteiger partial charge in [0.1, 0.15) is 0 Å². The van der Waals surface area contributed by atoms with E-state index in [1.54, 1.807) is 30.0 Å². The summed E-state index contributed by atoms with van der Waals surface area (Å²) >= 11 is 5.85. The average Bonchev–Trinajstić information content (AvgIpc) is 2.98. The summed E-state index contributed by atoms with van der Waals surface area (Å²) in [5.74, 6) is 0.390. The van der Waals surface area contributed by atoms with Gasteiger partial charge in [-0.1, -0.05) is 23.7 Å². The number of fused-ring (bicyclic) bond motifs is 1. The molecule has 0 radical (unpaired) electrons. The van der Waals surface area contributed by atoms with Crippen LogP contribution in [0.1, 0.15) is 12.5 Å². The van der Waals surface area contributed by atoms with Crippen LogP contribution in [0.5, 0.6) is 0 Å². The molecule has 2 aromatic heterocycles. The molecule has 9 heteroatoms. The van der Waals surface area contributed by atoms with Crippen molar-refractivity contribution in [3.8, 4) is 0 Å². The third kappa shape index (κ3) is 2.96. The minimum Gasteiger partial charge on any atom is -0.303 e. The number of rotatable bonds is 4. The van der Waals surface area contributed by atoms with Gasteiger partial charge in [0.25, 0.3) is 5.56 Å². The molecule has 0 unspecified atom stereocenters. The van der Waals surface area contributed by atoms with E-state index in [1.165, 1.54) is 11.6 Å². The Morgan fingerprint density at radius 1 is 1.20 bits per heavy atom. The van der Waals surface area contributed by atoms with Crippen LogP contribution in [0, 0.1) is 0 Å². The average molecular weight is 361 g/mol. The van der Waals surface area contributed by atoms with E-state index < -0.39 is 5.69 Å². The van der Waals surface area contributed by atoms with Gasteiger partial charge in [-0.05, 0) is 24.6 Å². The van der Waals surface area contributed by atoms with Gasteiger partial charge in [0.05, 0.1) is 6.21 Å². The summed E-state index contributed by atoms with van der Waals surface area (Å²) in [4.78, 5) is 28.8. The second kappa shape index (κ2) is 6.56.